The van der Waals surface area contributed by atoms with Crippen molar-refractivity contribution in [2.45, 2.75) is 0 Å². The lowest BCUT2D eigenvalue weighted by molar-refractivity contribution is 1.64. The molecular formula is C44H29P. The van der Waals surface area contributed by atoms with Gasteiger partial charge in [-0.3, -0.25) is 0 Å². The van der Waals surface area contributed by atoms with Crippen LogP contribution in [0.25, 0.3) is 66.1 Å². The third-order valence-corrected chi connectivity index (χ3v) is 11.7. The van der Waals surface area contributed by atoms with Crippen molar-refractivity contribution in [1.29, 1.82) is 0 Å². The zero-order chi connectivity index (χ0) is 29.7. The lowest BCUT2D eigenvalue weighted by Gasteiger charge is -2.27. The Hall–Kier alpha value is -5.29. The standard InChI is InChI=1S/C44H29P/c1-4-14-30(15-5-1)31-26-28-35(29-27-31)45(34-20-8-3-9-21-34)44-37-23-11-10-22-36(37)41(33-16-6-2-7-17-33)42-38-24-12-18-32-19-13-25-39(40(32)38)43(42)44/h1-29H. The van der Waals surface area contributed by atoms with Gasteiger partial charge in [0.1, 0.15) is 0 Å². The monoisotopic (exact) mass is 588 g/mol. The predicted molar refractivity (Wildman–Crippen MR) is 195 cm³/mol. The number of hydrogen-bond donors (Lipinski definition) is 0. The molecular weight excluding hydrogens is 559 g/mol. The highest BCUT2D eigenvalue weighted by atomic mass is 31.1. The van der Waals surface area contributed by atoms with Crippen molar-refractivity contribution in [1.82, 2.24) is 0 Å². The molecule has 1 heteroatoms. The van der Waals surface area contributed by atoms with Crippen LogP contribution in [-0.2, 0) is 0 Å². The largest absolute Gasteiger partial charge is 0.0622 e. The summed E-state index contributed by atoms with van der Waals surface area (Å²) in [5.41, 5.74) is 10.5. The van der Waals surface area contributed by atoms with Gasteiger partial charge in [0.15, 0.2) is 0 Å². The SMILES string of the molecule is c1ccc(-c2ccc(P(c3ccccc3)c3c4c(c(-c5ccccc5)c5ccccc35)-c3cccc5cccc-4c35)cc2)cc1. The van der Waals surface area contributed by atoms with Gasteiger partial charge in [-0.1, -0.05) is 176 Å². The maximum absolute atomic E-state index is 2.37. The number of benzene rings is 8. The molecule has 210 valence electrons. The van der Waals surface area contributed by atoms with E-state index in [-0.39, 0.29) is 0 Å². The first kappa shape index (κ1) is 26.1. The minimum Gasteiger partial charge on any atom is -0.0622 e. The Morgan fingerprint density at radius 1 is 0.311 bits per heavy atom. The van der Waals surface area contributed by atoms with E-state index in [4.69, 9.17) is 0 Å². The Labute approximate surface area is 265 Å². The Morgan fingerprint density at radius 2 is 0.822 bits per heavy atom. The maximum Gasteiger partial charge on any atom is 0.00129 e. The van der Waals surface area contributed by atoms with Gasteiger partial charge < -0.3 is 0 Å². The van der Waals surface area contributed by atoms with Gasteiger partial charge in [-0.15, -0.1) is 0 Å². The van der Waals surface area contributed by atoms with Crippen molar-refractivity contribution in [3.05, 3.63) is 176 Å². The van der Waals surface area contributed by atoms with E-state index in [1.165, 1.54) is 82.0 Å². The zero-order valence-electron chi connectivity index (χ0n) is 24.7. The third kappa shape index (κ3) is 4.18. The summed E-state index contributed by atoms with van der Waals surface area (Å²) in [7, 11) is -0.897. The van der Waals surface area contributed by atoms with Gasteiger partial charge in [0, 0.05) is 5.30 Å². The molecule has 1 aliphatic carbocycles. The molecule has 9 rings (SSSR count). The molecule has 1 aliphatic rings. The summed E-state index contributed by atoms with van der Waals surface area (Å²) in [6.45, 7) is 0. The van der Waals surface area contributed by atoms with Crippen LogP contribution in [0.4, 0.5) is 0 Å². The first-order valence-corrected chi connectivity index (χ1v) is 16.9. The summed E-state index contributed by atoms with van der Waals surface area (Å²) in [5, 5.41) is 9.48. The molecule has 0 aliphatic heterocycles. The molecule has 8 aromatic rings. The average Bonchev–Trinajstić information content (AvgIpc) is 3.45. The van der Waals surface area contributed by atoms with Crippen LogP contribution in [-0.4, -0.2) is 0 Å². The van der Waals surface area contributed by atoms with Crippen LogP contribution in [0, 0.1) is 0 Å². The lowest BCUT2D eigenvalue weighted by Crippen LogP contribution is -2.23. The minimum absolute atomic E-state index is 0.897. The van der Waals surface area contributed by atoms with Crippen LogP contribution < -0.4 is 15.9 Å². The van der Waals surface area contributed by atoms with Gasteiger partial charge in [-0.2, -0.15) is 0 Å². The predicted octanol–water partition coefficient (Wildman–Crippen LogP) is 10.7. The molecule has 0 fully saturated rings. The van der Waals surface area contributed by atoms with Crippen LogP contribution in [0.3, 0.4) is 0 Å². The highest BCUT2D eigenvalue weighted by molar-refractivity contribution is 7.80. The molecule has 0 nitrogen and oxygen atoms in total. The summed E-state index contributed by atoms with van der Waals surface area (Å²) in [6.07, 6.45) is 0. The van der Waals surface area contributed by atoms with Crippen LogP contribution in [0.5, 0.6) is 0 Å². The van der Waals surface area contributed by atoms with Crippen LogP contribution >= 0.6 is 7.92 Å². The molecule has 0 N–H and O–H groups in total. The highest BCUT2D eigenvalue weighted by Crippen LogP contribution is 2.55. The second-order valence-electron chi connectivity index (χ2n) is 11.7. The van der Waals surface area contributed by atoms with E-state index in [9.17, 15) is 0 Å². The van der Waals surface area contributed by atoms with Gasteiger partial charge >= 0.3 is 0 Å². The molecule has 0 aromatic heterocycles. The molecule has 0 spiro atoms. The van der Waals surface area contributed by atoms with Gasteiger partial charge in [-0.25, -0.2) is 0 Å². The molecule has 1 atom stereocenters. The second-order valence-corrected chi connectivity index (χ2v) is 13.8. The number of rotatable bonds is 5. The van der Waals surface area contributed by atoms with Crippen molar-refractivity contribution in [2.24, 2.45) is 0 Å². The van der Waals surface area contributed by atoms with E-state index in [0.29, 0.717) is 0 Å². The molecule has 45 heavy (non-hydrogen) atoms. The molecule has 0 amide bonds. The fourth-order valence-electron chi connectivity index (χ4n) is 7.26. The Bertz CT molecular complexity index is 2330. The summed E-state index contributed by atoms with van der Waals surface area (Å²) < 4.78 is 0. The normalized spacial score (nSPS) is 12.4. The van der Waals surface area contributed by atoms with E-state index in [1.807, 2.05) is 0 Å². The number of hydrogen-bond acceptors (Lipinski definition) is 0. The van der Waals surface area contributed by atoms with E-state index < -0.39 is 7.92 Å². The lowest BCUT2D eigenvalue weighted by atomic mass is 9.88. The average molecular weight is 589 g/mol. The highest BCUT2D eigenvalue weighted by Gasteiger charge is 2.33. The van der Waals surface area contributed by atoms with Crippen molar-refractivity contribution < 1.29 is 0 Å². The zero-order valence-corrected chi connectivity index (χ0v) is 25.6. The second kappa shape index (κ2) is 10.7. The van der Waals surface area contributed by atoms with Gasteiger partial charge in [-0.05, 0) is 84.6 Å². The van der Waals surface area contributed by atoms with E-state index in [2.05, 4.69) is 176 Å². The summed E-state index contributed by atoms with van der Waals surface area (Å²) >= 11 is 0. The molecule has 0 bridgehead atoms. The summed E-state index contributed by atoms with van der Waals surface area (Å²) in [5.74, 6) is 0. The van der Waals surface area contributed by atoms with Crippen molar-refractivity contribution in [3.8, 4) is 44.5 Å². The number of fused-ring (bicyclic) bond motifs is 4. The fourth-order valence-corrected chi connectivity index (χ4v) is 9.89. The van der Waals surface area contributed by atoms with Gasteiger partial charge in [0.25, 0.3) is 0 Å². The molecule has 0 saturated heterocycles. The third-order valence-electron chi connectivity index (χ3n) is 9.16. The smallest absolute Gasteiger partial charge is 0.00129 e. The molecule has 0 saturated carbocycles. The van der Waals surface area contributed by atoms with Gasteiger partial charge in [0.05, 0.1) is 0 Å². The van der Waals surface area contributed by atoms with E-state index >= 15 is 0 Å². The Kier molecular flexibility index (Phi) is 6.22. The molecule has 0 heterocycles. The summed E-state index contributed by atoms with van der Waals surface area (Å²) in [6, 6.07) is 65.0. The minimum atomic E-state index is -0.897. The Balaban J connectivity index is 1.41. The first-order valence-electron chi connectivity index (χ1n) is 15.5. The van der Waals surface area contributed by atoms with Crippen molar-refractivity contribution >= 4 is 45.4 Å². The van der Waals surface area contributed by atoms with E-state index in [0.717, 1.165) is 0 Å². The summed E-state index contributed by atoms with van der Waals surface area (Å²) in [4.78, 5) is 0. The van der Waals surface area contributed by atoms with Crippen LogP contribution in [0.1, 0.15) is 0 Å². The fraction of sp³-hybridized carbons (Fsp3) is 0. The van der Waals surface area contributed by atoms with Crippen molar-refractivity contribution in [3.63, 3.8) is 0 Å². The van der Waals surface area contributed by atoms with Crippen LogP contribution in [0.15, 0.2) is 176 Å². The van der Waals surface area contributed by atoms with Crippen molar-refractivity contribution in [2.75, 3.05) is 0 Å². The molecule has 8 aromatic carbocycles. The van der Waals surface area contributed by atoms with E-state index in [1.54, 1.807) is 0 Å². The molecule has 0 radical (unpaired) electrons. The van der Waals surface area contributed by atoms with Crippen LogP contribution in [0.2, 0.25) is 0 Å². The van der Waals surface area contributed by atoms with Gasteiger partial charge in [0.2, 0.25) is 0 Å². The first-order chi connectivity index (χ1) is 22.4. The topological polar surface area (TPSA) is 0 Å². The molecule has 1 unspecified atom stereocenters. The Morgan fingerprint density at radius 3 is 1.49 bits per heavy atom. The quantitative estimate of drug-likeness (QED) is 0.176. The maximum atomic E-state index is 2.37.